The molecule has 0 saturated carbocycles. The van der Waals surface area contributed by atoms with E-state index in [1.54, 1.807) is 13.0 Å². The van der Waals surface area contributed by atoms with Crippen molar-refractivity contribution in [3.63, 3.8) is 0 Å². The second-order valence-corrected chi connectivity index (χ2v) is 11.2. The Hall–Kier alpha value is -2.84. The summed E-state index contributed by atoms with van der Waals surface area (Å²) in [6.07, 6.45) is 0. The summed E-state index contributed by atoms with van der Waals surface area (Å²) in [5, 5.41) is 11.8. The van der Waals surface area contributed by atoms with Gasteiger partial charge >= 0.3 is 0 Å². The Morgan fingerprint density at radius 3 is 1.64 bits per heavy atom. The molecule has 0 N–H and O–H groups in total. The number of carbonyl (C=O) groups is 2. The molecule has 1 fully saturated rings. The third kappa shape index (κ3) is 2.33. The number of nitrogens with zero attached hydrogens (tertiary/aromatic N) is 2. The average molecular weight is 568 g/mol. The Morgan fingerprint density at radius 2 is 1.24 bits per heavy atom. The van der Waals surface area contributed by atoms with Crippen molar-refractivity contribution in [1.29, 1.82) is 0 Å². The van der Waals surface area contributed by atoms with Crippen LogP contribution in [0.1, 0.15) is 27.8 Å². The maximum atomic E-state index is 14.0. The maximum Gasteiger partial charge on any atom is 0.293 e. The number of alkyl halides is 2. The van der Waals surface area contributed by atoms with Crippen molar-refractivity contribution in [3.8, 4) is 0 Å². The molecule has 0 spiro atoms. The molecule has 7 rings (SSSR count). The number of amides is 2. The smallest absolute Gasteiger partial charge is 0.274 e. The highest BCUT2D eigenvalue weighted by Crippen LogP contribution is 2.71. The van der Waals surface area contributed by atoms with E-state index in [9.17, 15) is 19.7 Å². The van der Waals surface area contributed by atoms with Crippen LogP contribution in [-0.4, -0.2) is 16.7 Å². The van der Waals surface area contributed by atoms with Crippen molar-refractivity contribution in [2.75, 3.05) is 4.90 Å². The van der Waals surface area contributed by atoms with Crippen molar-refractivity contribution in [3.05, 3.63) is 105 Å². The van der Waals surface area contributed by atoms with Gasteiger partial charge in [-0.2, -0.15) is 0 Å². The van der Waals surface area contributed by atoms with E-state index in [0.717, 1.165) is 27.2 Å². The van der Waals surface area contributed by atoms with Crippen LogP contribution in [0.15, 0.2) is 66.7 Å². The van der Waals surface area contributed by atoms with E-state index in [-0.39, 0.29) is 11.4 Å². The summed E-state index contributed by atoms with van der Waals surface area (Å²) in [6.45, 7) is 1.73. The van der Waals surface area contributed by atoms with Crippen LogP contribution in [0.25, 0.3) is 0 Å². The fourth-order valence-corrected chi connectivity index (χ4v) is 8.18. The number of benzene rings is 3. The molecule has 8 heteroatoms. The molecule has 2 amide bonds. The number of aryl methyl sites for hydroxylation is 1. The van der Waals surface area contributed by atoms with Gasteiger partial charge in [0, 0.05) is 6.07 Å². The minimum atomic E-state index is -0.929. The lowest BCUT2D eigenvalue weighted by Crippen LogP contribution is -2.56. The summed E-state index contributed by atoms with van der Waals surface area (Å²) in [5.41, 5.74) is 4.10. The SMILES string of the molecule is Cc1ccc(N2C(=O)[C@H]3[C@H](C2=O)C2(Br)c4ccccc4C3(Br)c3ccccc32)c([N+](=O)[O-])c1. The van der Waals surface area contributed by atoms with Gasteiger partial charge in [0.1, 0.15) is 5.69 Å². The standard InChI is InChI=1S/C25H16Br2N2O4/c1-13-10-11-18(19(12-13)29(32)33)28-22(30)20-21(23(28)31)25(27)15-7-3-2-6-14(15)24(20,26)16-8-4-5-9-17(16)25/h2-12,20-21H,1H3/t20-,21-,24?,25?/m1/s1. The Kier molecular flexibility index (Phi) is 4.15. The van der Waals surface area contributed by atoms with Crippen molar-refractivity contribution < 1.29 is 14.5 Å². The molecular weight excluding hydrogens is 552 g/mol. The predicted molar refractivity (Wildman–Crippen MR) is 130 cm³/mol. The lowest BCUT2D eigenvalue weighted by Gasteiger charge is -2.55. The fourth-order valence-electron chi connectivity index (χ4n) is 5.87. The molecule has 3 aromatic rings. The van der Waals surface area contributed by atoms with Gasteiger partial charge in [-0.15, -0.1) is 0 Å². The Bertz CT molecular complexity index is 1300. The van der Waals surface area contributed by atoms with Crippen molar-refractivity contribution in [1.82, 2.24) is 0 Å². The number of hydrogen-bond acceptors (Lipinski definition) is 4. The minimum absolute atomic E-state index is 0.00899. The van der Waals surface area contributed by atoms with E-state index in [1.165, 1.54) is 12.1 Å². The highest BCUT2D eigenvalue weighted by Gasteiger charge is 2.72. The summed E-state index contributed by atoms with van der Waals surface area (Å²) < 4.78 is -1.86. The van der Waals surface area contributed by atoms with Crippen molar-refractivity contribution >= 4 is 55.0 Å². The molecule has 1 heterocycles. The van der Waals surface area contributed by atoms with Crippen LogP contribution < -0.4 is 4.90 Å². The number of imide groups is 1. The monoisotopic (exact) mass is 566 g/mol. The molecule has 0 radical (unpaired) electrons. The third-order valence-electron chi connectivity index (χ3n) is 7.15. The highest BCUT2D eigenvalue weighted by atomic mass is 79.9. The zero-order valence-corrected chi connectivity index (χ0v) is 20.5. The van der Waals surface area contributed by atoms with E-state index in [1.807, 2.05) is 48.5 Å². The lowest BCUT2D eigenvalue weighted by atomic mass is 9.54. The molecule has 164 valence electrons. The first-order chi connectivity index (χ1) is 15.7. The molecule has 2 atom stereocenters. The maximum absolute atomic E-state index is 14.0. The van der Waals surface area contributed by atoms with Gasteiger partial charge in [-0.3, -0.25) is 19.7 Å². The second kappa shape index (κ2) is 6.61. The Morgan fingerprint density at radius 1 is 0.818 bits per heavy atom. The van der Waals surface area contributed by atoms with E-state index in [2.05, 4.69) is 31.9 Å². The van der Waals surface area contributed by atoms with Crippen LogP contribution in [0.3, 0.4) is 0 Å². The third-order valence-corrected chi connectivity index (χ3v) is 9.85. The number of hydrogen-bond donors (Lipinski definition) is 0. The summed E-state index contributed by atoms with van der Waals surface area (Å²) in [6, 6.07) is 20.1. The van der Waals surface area contributed by atoms with E-state index < -0.39 is 37.2 Å². The van der Waals surface area contributed by atoms with E-state index in [0.29, 0.717) is 5.56 Å². The molecule has 33 heavy (non-hydrogen) atoms. The molecule has 4 aliphatic rings. The minimum Gasteiger partial charge on any atom is -0.274 e. The quantitative estimate of drug-likeness (QED) is 0.182. The fraction of sp³-hybridized carbons (Fsp3) is 0.200. The zero-order chi connectivity index (χ0) is 23.3. The first kappa shape index (κ1) is 20.7. The number of rotatable bonds is 2. The first-order valence-corrected chi connectivity index (χ1v) is 12.0. The van der Waals surface area contributed by atoms with Gasteiger partial charge in [0.15, 0.2) is 0 Å². The van der Waals surface area contributed by atoms with Crippen LogP contribution >= 0.6 is 31.9 Å². The molecule has 0 aromatic heterocycles. The van der Waals surface area contributed by atoms with Crippen LogP contribution in [0.4, 0.5) is 11.4 Å². The van der Waals surface area contributed by atoms with Crippen molar-refractivity contribution in [2.24, 2.45) is 11.8 Å². The van der Waals surface area contributed by atoms with E-state index >= 15 is 0 Å². The van der Waals surface area contributed by atoms with Gasteiger partial charge in [0.25, 0.3) is 5.69 Å². The van der Waals surface area contributed by atoms with Crippen LogP contribution in [0, 0.1) is 28.9 Å². The molecule has 6 nitrogen and oxygen atoms in total. The zero-order valence-electron chi connectivity index (χ0n) is 17.3. The van der Waals surface area contributed by atoms with Gasteiger partial charge < -0.3 is 0 Å². The van der Waals surface area contributed by atoms with Crippen molar-refractivity contribution in [2.45, 2.75) is 15.6 Å². The van der Waals surface area contributed by atoms with Crippen LogP contribution in [0.2, 0.25) is 0 Å². The predicted octanol–water partition coefficient (Wildman–Crippen LogP) is 5.31. The van der Waals surface area contributed by atoms with Crippen LogP contribution in [0.5, 0.6) is 0 Å². The number of halogens is 2. The molecule has 3 aromatic carbocycles. The molecular formula is C25H16Br2N2O4. The number of nitro benzene ring substituents is 1. The first-order valence-electron chi connectivity index (χ1n) is 10.4. The highest BCUT2D eigenvalue weighted by molar-refractivity contribution is 9.10. The topological polar surface area (TPSA) is 80.5 Å². The molecule has 1 aliphatic heterocycles. The Labute approximate surface area is 206 Å². The number of anilines is 1. The molecule has 1 saturated heterocycles. The summed E-state index contributed by atoms with van der Waals surface area (Å²) in [5.74, 6) is -2.42. The normalized spacial score (nSPS) is 29.0. The van der Waals surface area contributed by atoms with Gasteiger partial charge in [-0.25, -0.2) is 4.90 Å². The summed E-state index contributed by atoms with van der Waals surface area (Å²) >= 11 is 7.87. The molecule has 2 bridgehead atoms. The van der Waals surface area contributed by atoms with Crippen LogP contribution in [-0.2, 0) is 18.2 Å². The summed E-state index contributed by atoms with van der Waals surface area (Å²) in [4.78, 5) is 40.3. The van der Waals surface area contributed by atoms with Gasteiger partial charge in [0.05, 0.1) is 25.4 Å². The molecule has 0 unspecified atom stereocenters. The molecule has 3 aliphatic carbocycles. The lowest BCUT2D eigenvalue weighted by molar-refractivity contribution is -0.384. The number of carbonyl (C=O) groups excluding carboxylic acids is 2. The Balaban J connectivity index is 1.65. The van der Waals surface area contributed by atoms with Gasteiger partial charge in [-0.1, -0.05) is 86.5 Å². The summed E-state index contributed by atoms with van der Waals surface area (Å²) in [7, 11) is 0. The van der Waals surface area contributed by atoms with E-state index in [4.69, 9.17) is 0 Å². The second-order valence-electron chi connectivity index (χ2n) is 8.73. The number of nitro groups is 1. The van der Waals surface area contributed by atoms with Gasteiger partial charge in [-0.05, 0) is 40.8 Å². The largest absolute Gasteiger partial charge is 0.293 e. The average Bonchev–Trinajstić information content (AvgIpc) is 3.08. The van der Waals surface area contributed by atoms with Gasteiger partial charge in [0.2, 0.25) is 11.8 Å².